The lowest BCUT2D eigenvalue weighted by Crippen LogP contribution is -2.21. The van der Waals surface area contributed by atoms with Crippen molar-refractivity contribution >= 4 is 11.8 Å². The van der Waals surface area contributed by atoms with Gasteiger partial charge in [-0.25, -0.2) is 0 Å². The predicted molar refractivity (Wildman–Crippen MR) is 74.7 cm³/mol. The molecule has 1 radical (unpaired) electrons. The zero-order chi connectivity index (χ0) is 12.2. The minimum atomic E-state index is 0.469. The molecule has 2 saturated heterocycles. The van der Waals surface area contributed by atoms with Crippen LogP contribution in [0.3, 0.4) is 0 Å². The van der Waals surface area contributed by atoms with Crippen LogP contribution in [0.4, 0.5) is 0 Å². The molecule has 0 aromatic carbocycles. The fourth-order valence-electron chi connectivity index (χ4n) is 2.95. The van der Waals surface area contributed by atoms with Crippen molar-refractivity contribution in [1.29, 1.82) is 0 Å². The van der Waals surface area contributed by atoms with Crippen molar-refractivity contribution in [2.24, 2.45) is 0 Å². The molecule has 18 heavy (non-hydrogen) atoms. The first-order chi connectivity index (χ1) is 8.92. The van der Waals surface area contributed by atoms with E-state index in [4.69, 9.17) is 9.15 Å². The Morgan fingerprint density at radius 3 is 3.00 bits per heavy atom. The summed E-state index contributed by atoms with van der Waals surface area (Å²) < 4.78 is 11.3. The van der Waals surface area contributed by atoms with Crippen molar-refractivity contribution in [3.63, 3.8) is 0 Å². The first-order valence-electron chi connectivity index (χ1n) is 7.02. The first-order valence-corrected chi connectivity index (χ1v) is 8.07. The summed E-state index contributed by atoms with van der Waals surface area (Å²) >= 11 is 2.12. The summed E-state index contributed by atoms with van der Waals surface area (Å²) in [6.45, 7) is 0.955. The van der Waals surface area contributed by atoms with E-state index in [9.17, 15) is 0 Å². The number of rotatable bonds is 5. The van der Waals surface area contributed by atoms with Crippen LogP contribution in [0.15, 0.2) is 22.8 Å². The van der Waals surface area contributed by atoms with Crippen LogP contribution in [-0.2, 0) is 11.2 Å². The number of hydrogen-bond donors (Lipinski definition) is 0. The van der Waals surface area contributed by atoms with Crippen molar-refractivity contribution in [3.8, 4) is 0 Å². The van der Waals surface area contributed by atoms with E-state index in [1.807, 2.05) is 6.07 Å². The van der Waals surface area contributed by atoms with E-state index in [2.05, 4.69) is 17.8 Å². The molecule has 0 bridgehead atoms. The maximum Gasteiger partial charge on any atom is 0.104 e. The summed E-state index contributed by atoms with van der Waals surface area (Å²) in [7, 11) is 0. The molecule has 1 aromatic heterocycles. The third-order valence-corrected chi connectivity index (χ3v) is 5.38. The second-order valence-electron chi connectivity index (χ2n) is 5.26. The third-order valence-electron chi connectivity index (χ3n) is 3.88. The molecule has 0 saturated carbocycles. The predicted octanol–water partition coefficient (Wildman–Crippen LogP) is 3.86. The maximum atomic E-state index is 5.80. The second kappa shape index (κ2) is 6.16. The summed E-state index contributed by atoms with van der Waals surface area (Å²) in [5.74, 6) is 4.06. The normalized spacial score (nSPS) is 28.3. The van der Waals surface area contributed by atoms with Gasteiger partial charge in [0.1, 0.15) is 5.76 Å². The van der Waals surface area contributed by atoms with Crippen molar-refractivity contribution in [3.05, 3.63) is 30.1 Å². The van der Waals surface area contributed by atoms with E-state index in [-0.39, 0.29) is 0 Å². The molecule has 2 atom stereocenters. The molecular weight excluding hydrogens is 244 g/mol. The molecule has 2 fully saturated rings. The van der Waals surface area contributed by atoms with Crippen LogP contribution in [0.1, 0.15) is 37.9 Å². The quantitative estimate of drug-likeness (QED) is 0.807. The summed E-state index contributed by atoms with van der Waals surface area (Å²) in [5, 5.41) is 0.735. The lowest BCUT2D eigenvalue weighted by molar-refractivity contribution is 0.105. The molecule has 0 N–H and O–H groups in total. The molecule has 99 valence electrons. The summed E-state index contributed by atoms with van der Waals surface area (Å²) in [5.41, 5.74) is 0. The van der Waals surface area contributed by atoms with Gasteiger partial charge in [0.05, 0.1) is 12.4 Å². The van der Waals surface area contributed by atoms with Gasteiger partial charge in [-0.3, -0.25) is 0 Å². The van der Waals surface area contributed by atoms with Crippen molar-refractivity contribution in [2.75, 3.05) is 12.4 Å². The van der Waals surface area contributed by atoms with Gasteiger partial charge in [0, 0.05) is 18.3 Å². The standard InChI is InChI=1S/C15H21O2S/c1-4-13(16-7-1)10-12(15-6-3-9-18-15)11-14-5-2-8-17-14/h1,4,7,14-15H,2-3,5-6,8-11H2. The highest BCUT2D eigenvalue weighted by atomic mass is 32.2. The maximum absolute atomic E-state index is 5.80. The van der Waals surface area contributed by atoms with E-state index in [0.29, 0.717) is 6.10 Å². The number of ether oxygens (including phenoxy) is 1. The van der Waals surface area contributed by atoms with Gasteiger partial charge in [0.15, 0.2) is 0 Å². The third kappa shape index (κ3) is 3.12. The lowest BCUT2D eigenvalue weighted by Gasteiger charge is -2.24. The molecular formula is C15H21O2S. The van der Waals surface area contributed by atoms with Crippen LogP contribution in [0, 0.1) is 5.92 Å². The molecule has 2 aliphatic heterocycles. The number of furan rings is 1. The molecule has 0 spiro atoms. The monoisotopic (exact) mass is 265 g/mol. The number of hydrogen-bond acceptors (Lipinski definition) is 3. The highest BCUT2D eigenvalue weighted by Gasteiger charge is 2.30. The van der Waals surface area contributed by atoms with E-state index < -0.39 is 0 Å². The van der Waals surface area contributed by atoms with Gasteiger partial charge in [0.25, 0.3) is 0 Å². The SMILES string of the molecule is c1coc(C[C](CC2CCCO2)C2CCCS2)c1. The summed E-state index contributed by atoms with van der Waals surface area (Å²) in [6.07, 6.45) is 9.56. The molecule has 1 aromatic rings. The molecule has 3 rings (SSSR count). The van der Waals surface area contributed by atoms with Gasteiger partial charge in [0.2, 0.25) is 0 Å². The van der Waals surface area contributed by atoms with Gasteiger partial charge in [-0.2, -0.15) is 11.8 Å². The van der Waals surface area contributed by atoms with Gasteiger partial charge < -0.3 is 9.15 Å². The van der Waals surface area contributed by atoms with E-state index in [0.717, 1.165) is 30.5 Å². The van der Waals surface area contributed by atoms with E-state index in [1.165, 1.54) is 31.4 Å². The highest BCUT2D eigenvalue weighted by Crippen LogP contribution is 2.38. The van der Waals surface area contributed by atoms with Gasteiger partial charge in [-0.1, -0.05) is 0 Å². The fourth-order valence-corrected chi connectivity index (χ4v) is 4.32. The summed E-state index contributed by atoms with van der Waals surface area (Å²) in [6, 6.07) is 4.08. The molecule has 3 heteroatoms. The Balaban J connectivity index is 1.62. The Morgan fingerprint density at radius 2 is 2.33 bits per heavy atom. The molecule has 2 aliphatic rings. The van der Waals surface area contributed by atoms with Crippen LogP contribution >= 0.6 is 11.8 Å². The van der Waals surface area contributed by atoms with Crippen LogP contribution < -0.4 is 0 Å². The topological polar surface area (TPSA) is 22.4 Å². The van der Waals surface area contributed by atoms with Crippen molar-refractivity contribution < 1.29 is 9.15 Å². The second-order valence-corrected chi connectivity index (χ2v) is 6.57. The van der Waals surface area contributed by atoms with E-state index in [1.54, 1.807) is 12.2 Å². The molecule has 3 heterocycles. The minimum Gasteiger partial charge on any atom is -0.469 e. The number of thioether (sulfide) groups is 1. The van der Waals surface area contributed by atoms with Crippen LogP contribution in [-0.4, -0.2) is 23.7 Å². The van der Waals surface area contributed by atoms with Gasteiger partial charge >= 0.3 is 0 Å². The average Bonchev–Trinajstić information content (AvgIpc) is 3.13. The Kier molecular flexibility index (Phi) is 4.32. The van der Waals surface area contributed by atoms with Gasteiger partial charge in [-0.15, -0.1) is 0 Å². The minimum absolute atomic E-state index is 0.469. The van der Waals surface area contributed by atoms with Gasteiger partial charge in [-0.05, 0) is 55.9 Å². The average molecular weight is 265 g/mol. The van der Waals surface area contributed by atoms with E-state index >= 15 is 0 Å². The van der Waals surface area contributed by atoms with Crippen LogP contribution in [0.5, 0.6) is 0 Å². The lowest BCUT2D eigenvalue weighted by atomic mass is 9.90. The summed E-state index contributed by atoms with van der Waals surface area (Å²) in [4.78, 5) is 0. The highest BCUT2D eigenvalue weighted by molar-refractivity contribution is 8.00. The smallest absolute Gasteiger partial charge is 0.104 e. The Bertz CT molecular complexity index is 337. The Labute approximate surface area is 113 Å². The zero-order valence-corrected chi connectivity index (χ0v) is 11.6. The Morgan fingerprint density at radius 1 is 1.33 bits per heavy atom. The van der Waals surface area contributed by atoms with Crippen molar-refractivity contribution in [2.45, 2.75) is 49.9 Å². The fraction of sp³-hybridized carbons (Fsp3) is 0.667. The molecule has 0 aliphatic carbocycles. The van der Waals surface area contributed by atoms with Crippen LogP contribution in [0.2, 0.25) is 0 Å². The molecule has 2 unspecified atom stereocenters. The molecule has 0 amide bonds. The Hall–Kier alpha value is -0.410. The largest absolute Gasteiger partial charge is 0.469 e. The van der Waals surface area contributed by atoms with Crippen LogP contribution in [0.25, 0.3) is 0 Å². The van der Waals surface area contributed by atoms with Crippen molar-refractivity contribution in [1.82, 2.24) is 0 Å². The zero-order valence-electron chi connectivity index (χ0n) is 10.8. The first kappa shape index (κ1) is 12.6. The molecule has 2 nitrogen and oxygen atoms in total.